The van der Waals surface area contributed by atoms with E-state index in [1.165, 1.54) is 11.8 Å². The van der Waals surface area contributed by atoms with E-state index >= 15 is 0 Å². The Bertz CT molecular complexity index is 1570. The molecule has 2 aromatic carbocycles. The SMILES string of the molecule is CC(C)C1=C(C(=O)N2[C@H](C)CC[C@@H]2C(=O)N2C[C@H](CF)[C@@H](N(C)C)C2)SC2=N[C@@](C)(c3ccc(Cl)cc3)[C@@H](c3ccc(Cl)cc3)N21. The topological polar surface area (TPSA) is 59.5 Å². The van der Waals surface area contributed by atoms with Crippen LogP contribution >= 0.6 is 35.0 Å². The molecule has 2 amide bonds. The minimum Gasteiger partial charge on any atom is -0.339 e. The Morgan fingerprint density at radius 1 is 1.04 bits per heavy atom. The highest BCUT2D eigenvalue weighted by Crippen LogP contribution is 2.56. The van der Waals surface area contributed by atoms with Gasteiger partial charge in [0.05, 0.1) is 12.7 Å². The van der Waals surface area contributed by atoms with E-state index in [0.29, 0.717) is 34.5 Å². The summed E-state index contributed by atoms with van der Waals surface area (Å²) in [7, 11) is 3.85. The lowest BCUT2D eigenvalue weighted by Crippen LogP contribution is -2.50. The fourth-order valence-corrected chi connectivity index (χ4v) is 9.34. The van der Waals surface area contributed by atoms with Crippen LogP contribution < -0.4 is 0 Å². The molecule has 0 saturated carbocycles. The second-order valence-corrected chi connectivity index (χ2v) is 15.5. The minimum absolute atomic E-state index is 0.00155. The molecular weight excluding hydrogens is 644 g/mol. The molecule has 4 heterocycles. The highest BCUT2D eigenvalue weighted by Gasteiger charge is 2.54. The van der Waals surface area contributed by atoms with Crippen LogP contribution in [0.5, 0.6) is 0 Å². The van der Waals surface area contributed by atoms with E-state index in [0.717, 1.165) is 28.4 Å². The zero-order chi connectivity index (χ0) is 33.1. The number of fused-ring (bicyclic) bond motifs is 1. The fraction of sp³-hybridized carbons (Fsp3) is 0.514. The number of alkyl halides is 1. The molecule has 246 valence electrons. The average Bonchev–Trinajstić information content (AvgIpc) is 3.78. The van der Waals surface area contributed by atoms with Gasteiger partial charge in [-0.15, -0.1) is 0 Å². The lowest BCUT2D eigenvalue weighted by atomic mass is 9.81. The van der Waals surface area contributed by atoms with Crippen LogP contribution in [-0.2, 0) is 15.1 Å². The van der Waals surface area contributed by atoms with Gasteiger partial charge in [-0.3, -0.25) is 14.0 Å². The molecule has 6 atom stereocenters. The number of halogens is 3. The number of allylic oxidation sites excluding steroid dienone is 1. The van der Waals surface area contributed by atoms with E-state index in [1.807, 2.05) is 74.4 Å². The predicted octanol–water partition coefficient (Wildman–Crippen LogP) is 6.97. The molecule has 7 nitrogen and oxygen atoms in total. The molecule has 2 aromatic rings. The van der Waals surface area contributed by atoms with Crippen LogP contribution in [0.25, 0.3) is 0 Å². The zero-order valence-electron chi connectivity index (χ0n) is 27.2. The number of carbonyl (C=O) groups is 2. The molecule has 0 N–H and O–H groups in total. The van der Waals surface area contributed by atoms with Crippen LogP contribution in [-0.4, -0.2) is 88.6 Å². The van der Waals surface area contributed by atoms with Crippen molar-refractivity contribution in [1.29, 1.82) is 0 Å². The van der Waals surface area contributed by atoms with Gasteiger partial charge >= 0.3 is 0 Å². The second kappa shape index (κ2) is 12.8. The van der Waals surface area contributed by atoms with E-state index in [-0.39, 0.29) is 41.8 Å². The van der Waals surface area contributed by atoms with E-state index < -0.39 is 18.3 Å². The molecule has 0 aromatic heterocycles. The van der Waals surface area contributed by atoms with Gasteiger partial charge in [0, 0.05) is 46.8 Å². The maximum atomic E-state index is 14.7. The van der Waals surface area contributed by atoms with E-state index in [1.54, 1.807) is 9.80 Å². The highest BCUT2D eigenvalue weighted by atomic mass is 35.5. The lowest BCUT2D eigenvalue weighted by molar-refractivity contribution is -0.142. The van der Waals surface area contributed by atoms with Gasteiger partial charge < -0.3 is 19.6 Å². The van der Waals surface area contributed by atoms with Crippen molar-refractivity contribution in [3.63, 3.8) is 0 Å². The van der Waals surface area contributed by atoms with Crippen LogP contribution in [0.1, 0.15) is 57.7 Å². The third-order valence-corrected chi connectivity index (χ3v) is 11.7. The summed E-state index contributed by atoms with van der Waals surface area (Å²) < 4.78 is 13.9. The first-order chi connectivity index (χ1) is 21.8. The maximum absolute atomic E-state index is 14.7. The van der Waals surface area contributed by atoms with Gasteiger partial charge in [0.15, 0.2) is 5.17 Å². The van der Waals surface area contributed by atoms with Crippen molar-refractivity contribution < 1.29 is 14.0 Å². The molecule has 46 heavy (non-hydrogen) atoms. The maximum Gasteiger partial charge on any atom is 0.263 e. The number of likely N-dealkylation sites (N-methyl/N-ethyl adjacent to an activating group) is 1. The Labute approximate surface area is 285 Å². The summed E-state index contributed by atoms with van der Waals surface area (Å²) in [5, 5.41) is 2.06. The van der Waals surface area contributed by atoms with Crippen molar-refractivity contribution in [2.24, 2.45) is 16.8 Å². The van der Waals surface area contributed by atoms with Crippen molar-refractivity contribution in [2.45, 2.75) is 70.2 Å². The van der Waals surface area contributed by atoms with Crippen LogP contribution in [0, 0.1) is 11.8 Å². The average molecular weight is 687 g/mol. The number of amidine groups is 1. The molecule has 4 aliphatic heterocycles. The van der Waals surface area contributed by atoms with E-state index in [2.05, 4.69) is 25.7 Å². The quantitative estimate of drug-likeness (QED) is 0.315. The number of benzene rings is 2. The molecule has 0 unspecified atom stereocenters. The number of amides is 2. The van der Waals surface area contributed by atoms with Gasteiger partial charge in [-0.2, -0.15) is 0 Å². The van der Waals surface area contributed by atoms with Gasteiger partial charge in [0.25, 0.3) is 5.91 Å². The molecule has 0 bridgehead atoms. The van der Waals surface area contributed by atoms with E-state index in [9.17, 15) is 14.0 Å². The summed E-state index contributed by atoms with van der Waals surface area (Å²) in [5.41, 5.74) is 2.29. The van der Waals surface area contributed by atoms with Gasteiger partial charge in [-0.1, -0.05) is 61.3 Å². The molecule has 2 fully saturated rings. The molecule has 11 heteroatoms. The molecular formula is C35H42Cl2FN5O2S. The van der Waals surface area contributed by atoms with Crippen molar-refractivity contribution in [3.05, 3.63) is 80.3 Å². The Hall–Kier alpha value is -2.59. The summed E-state index contributed by atoms with van der Waals surface area (Å²) >= 11 is 14.0. The molecule has 0 aliphatic carbocycles. The van der Waals surface area contributed by atoms with Gasteiger partial charge in [0.1, 0.15) is 16.5 Å². The smallest absolute Gasteiger partial charge is 0.263 e. The monoisotopic (exact) mass is 685 g/mol. The summed E-state index contributed by atoms with van der Waals surface area (Å²) in [5.74, 6) is -0.448. The number of rotatable bonds is 7. The third kappa shape index (κ3) is 5.65. The summed E-state index contributed by atoms with van der Waals surface area (Å²) in [6.45, 7) is 8.71. The van der Waals surface area contributed by atoms with Crippen LogP contribution in [0.2, 0.25) is 10.0 Å². The normalized spacial score (nSPS) is 29.4. The standard InChI is InChI=1S/C35H42Cl2FN5O2S/c1-20(2)29-30(33(45)42-21(3)7-16-27(42)32(44)41-18-23(17-38)28(19-41)40(5)6)46-34-39-35(4,24-10-14-26(37)15-11-24)31(43(29)34)22-8-12-25(36)13-9-22/h8-15,20-21,23,27-28,31H,7,16-19H2,1-6H3/t21-,23+,27-,28+,31-,35+/m1/s1. The number of hydrogen-bond donors (Lipinski definition) is 0. The first kappa shape index (κ1) is 33.3. The van der Waals surface area contributed by atoms with Crippen LogP contribution in [0.4, 0.5) is 4.39 Å². The number of carbonyl (C=O) groups excluding carboxylic acids is 2. The van der Waals surface area contributed by atoms with Crippen molar-refractivity contribution >= 4 is 51.9 Å². The number of aliphatic imine (C=N–C) groups is 1. The van der Waals surface area contributed by atoms with E-state index in [4.69, 9.17) is 28.2 Å². The predicted molar refractivity (Wildman–Crippen MR) is 185 cm³/mol. The minimum atomic E-state index is -0.666. The zero-order valence-corrected chi connectivity index (χ0v) is 29.5. The third-order valence-electron chi connectivity index (χ3n) is 10.1. The largest absolute Gasteiger partial charge is 0.339 e. The first-order valence-corrected chi connectivity index (χ1v) is 17.6. The van der Waals surface area contributed by atoms with Crippen molar-refractivity contribution in [1.82, 2.24) is 19.6 Å². The van der Waals surface area contributed by atoms with Crippen molar-refractivity contribution in [3.8, 4) is 0 Å². The first-order valence-electron chi connectivity index (χ1n) is 16.0. The van der Waals surface area contributed by atoms with Gasteiger partial charge in [-0.05, 0) is 93.9 Å². The summed E-state index contributed by atoms with van der Waals surface area (Å²) in [6.07, 6.45) is 1.33. The number of thioether (sulfide) groups is 1. The van der Waals surface area contributed by atoms with Gasteiger partial charge in [-0.25, -0.2) is 4.99 Å². The Balaban J connectivity index is 1.37. The second-order valence-electron chi connectivity index (χ2n) is 13.7. The molecule has 2 saturated heterocycles. The molecule has 0 radical (unpaired) electrons. The Kier molecular flexibility index (Phi) is 9.26. The number of likely N-dealkylation sites (tertiary alicyclic amines) is 2. The fourth-order valence-electron chi connectivity index (χ4n) is 7.73. The van der Waals surface area contributed by atoms with Crippen LogP contribution in [0.15, 0.2) is 64.1 Å². The summed E-state index contributed by atoms with van der Waals surface area (Å²) in [6, 6.07) is 14.7. The Morgan fingerprint density at radius 2 is 1.67 bits per heavy atom. The molecule has 0 spiro atoms. The van der Waals surface area contributed by atoms with Gasteiger partial charge in [0.2, 0.25) is 5.91 Å². The summed E-state index contributed by atoms with van der Waals surface area (Å²) in [4.78, 5) is 42.4. The molecule has 4 aliphatic rings. The molecule has 6 rings (SSSR count). The Morgan fingerprint density at radius 3 is 2.24 bits per heavy atom. The van der Waals surface area contributed by atoms with Crippen molar-refractivity contribution in [2.75, 3.05) is 33.9 Å². The number of hydrogen-bond acceptors (Lipinski definition) is 6. The lowest BCUT2D eigenvalue weighted by Gasteiger charge is -2.37. The highest BCUT2D eigenvalue weighted by molar-refractivity contribution is 8.18. The number of nitrogens with zero attached hydrogens (tertiary/aromatic N) is 5. The van der Waals surface area contributed by atoms with Crippen LogP contribution in [0.3, 0.4) is 0 Å².